The highest BCUT2D eigenvalue weighted by molar-refractivity contribution is 5.95. The van der Waals surface area contributed by atoms with Gasteiger partial charge in [0.25, 0.3) is 5.91 Å². The van der Waals surface area contributed by atoms with Crippen molar-refractivity contribution in [3.8, 4) is 0 Å². The Balaban J connectivity index is 2.32. The Hall–Kier alpha value is -1.63. The molecule has 0 bridgehead atoms. The second-order valence-electron chi connectivity index (χ2n) is 5.62. The normalized spacial score (nSPS) is 22.7. The van der Waals surface area contributed by atoms with E-state index in [1.807, 2.05) is 0 Å². The number of hydrogen-bond acceptors (Lipinski definition) is 2. The topological polar surface area (TPSA) is 40.5 Å². The maximum absolute atomic E-state index is 13.8. The summed E-state index contributed by atoms with van der Waals surface area (Å²) in [7, 11) is 0. The molecule has 0 radical (unpaired) electrons. The molecule has 2 atom stereocenters. The number of hydrogen-bond donors (Lipinski definition) is 1. The molecule has 7 heteroatoms. The number of benzene rings is 1. The maximum atomic E-state index is 13.8. The minimum atomic E-state index is -4.64. The van der Waals surface area contributed by atoms with Crippen molar-refractivity contribution in [2.75, 3.05) is 13.2 Å². The van der Waals surface area contributed by atoms with Gasteiger partial charge in [0.15, 0.2) is 0 Å². The van der Waals surface area contributed by atoms with E-state index >= 15 is 0 Å². The van der Waals surface area contributed by atoms with E-state index in [0.29, 0.717) is 24.6 Å². The van der Waals surface area contributed by atoms with Gasteiger partial charge in [-0.3, -0.25) is 4.79 Å². The van der Waals surface area contributed by atoms with Gasteiger partial charge in [-0.1, -0.05) is 0 Å². The summed E-state index contributed by atoms with van der Waals surface area (Å²) >= 11 is 0. The van der Waals surface area contributed by atoms with Crippen LogP contribution in [0.15, 0.2) is 18.2 Å². The molecular formula is C15H17F4NO2. The van der Waals surface area contributed by atoms with Crippen molar-refractivity contribution in [3.63, 3.8) is 0 Å². The van der Waals surface area contributed by atoms with E-state index in [1.54, 1.807) is 6.92 Å². The summed E-state index contributed by atoms with van der Waals surface area (Å²) in [6, 6.07) is 1.62. The quantitative estimate of drug-likeness (QED) is 0.851. The number of halogens is 4. The van der Waals surface area contributed by atoms with Gasteiger partial charge >= 0.3 is 6.18 Å². The molecule has 1 aromatic rings. The minimum Gasteiger partial charge on any atom is -0.396 e. The average Bonchev–Trinajstić information content (AvgIpc) is 2.46. The van der Waals surface area contributed by atoms with Crippen LogP contribution in [0.1, 0.15) is 35.7 Å². The summed E-state index contributed by atoms with van der Waals surface area (Å²) in [5.74, 6) is -1.88. The lowest BCUT2D eigenvalue weighted by molar-refractivity contribution is -0.137. The predicted octanol–water partition coefficient (Wildman–Crippen LogP) is 3.08. The summed E-state index contributed by atoms with van der Waals surface area (Å²) in [5.41, 5.74) is -1.64. The molecule has 1 aliphatic rings. The first-order valence-electron chi connectivity index (χ1n) is 7.02. The first-order valence-corrected chi connectivity index (χ1v) is 7.02. The zero-order valence-corrected chi connectivity index (χ0v) is 12.0. The highest BCUT2D eigenvalue weighted by Crippen LogP contribution is 2.31. The molecule has 1 amide bonds. The number of nitrogens with zero attached hydrogens (tertiary/aromatic N) is 1. The van der Waals surface area contributed by atoms with Crippen LogP contribution in [0.25, 0.3) is 0 Å². The molecule has 3 nitrogen and oxygen atoms in total. The molecule has 0 saturated carbocycles. The summed E-state index contributed by atoms with van der Waals surface area (Å²) in [6.45, 7) is 1.87. The highest BCUT2D eigenvalue weighted by atomic mass is 19.4. The van der Waals surface area contributed by atoms with Crippen LogP contribution >= 0.6 is 0 Å². The Morgan fingerprint density at radius 1 is 1.36 bits per heavy atom. The third kappa shape index (κ3) is 3.40. The van der Waals surface area contributed by atoms with E-state index in [-0.39, 0.29) is 25.1 Å². The predicted molar refractivity (Wildman–Crippen MR) is 71.7 cm³/mol. The molecule has 1 fully saturated rings. The van der Waals surface area contributed by atoms with Crippen LogP contribution < -0.4 is 0 Å². The zero-order valence-electron chi connectivity index (χ0n) is 12.0. The van der Waals surface area contributed by atoms with Crippen molar-refractivity contribution in [1.82, 2.24) is 4.90 Å². The average molecular weight is 319 g/mol. The largest absolute Gasteiger partial charge is 0.416 e. The monoisotopic (exact) mass is 319 g/mol. The van der Waals surface area contributed by atoms with Crippen LogP contribution in [-0.4, -0.2) is 35.1 Å². The van der Waals surface area contributed by atoms with Crippen molar-refractivity contribution in [2.45, 2.75) is 32.0 Å². The molecule has 1 saturated heterocycles. The Kier molecular flexibility index (Phi) is 4.75. The first-order chi connectivity index (χ1) is 10.2. The molecular weight excluding hydrogens is 302 g/mol. The standard InChI is InChI=1S/C15H17F4NO2/c1-9-2-3-10(8-21)7-20(9)14(22)12-6-11(15(17,18)19)4-5-13(12)16/h4-6,9-10,21H,2-3,7-8H2,1H3. The second kappa shape index (κ2) is 6.24. The number of aliphatic hydroxyl groups excluding tert-OH is 1. The number of likely N-dealkylation sites (tertiary alicyclic amines) is 1. The molecule has 1 N–H and O–H groups in total. The molecule has 1 aliphatic heterocycles. The first kappa shape index (κ1) is 16.7. The van der Waals surface area contributed by atoms with Gasteiger partial charge in [0, 0.05) is 19.2 Å². The van der Waals surface area contributed by atoms with Crippen LogP contribution in [0.2, 0.25) is 0 Å². The molecule has 0 aromatic heterocycles. The third-order valence-electron chi connectivity index (χ3n) is 4.02. The van der Waals surface area contributed by atoms with E-state index in [9.17, 15) is 27.5 Å². The van der Waals surface area contributed by atoms with Crippen LogP contribution in [0.3, 0.4) is 0 Å². The minimum absolute atomic E-state index is 0.110. The molecule has 1 aromatic carbocycles. The fourth-order valence-corrected chi connectivity index (χ4v) is 2.63. The maximum Gasteiger partial charge on any atom is 0.416 e. The Morgan fingerprint density at radius 3 is 2.64 bits per heavy atom. The van der Waals surface area contributed by atoms with Gasteiger partial charge in [0.1, 0.15) is 5.82 Å². The lowest BCUT2D eigenvalue weighted by atomic mass is 9.93. The van der Waals surface area contributed by atoms with E-state index < -0.39 is 29.0 Å². The number of amides is 1. The van der Waals surface area contributed by atoms with Crippen LogP contribution in [0.4, 0.5) is 17.6 Å². The third-order valence-corrected chi connectivity index (χ3v) is 4.02. The number of aliphatic hydroxyl groups is 1. The van der Waals surface area contributed by atoms with Gasteiger partial charge in [0.05, 0.1) is 11.1 Å². The summed E-state index contributed by atoms with van der Waals surface area (Å²) in [4.78, 5) is 13.7. The Labute approximate surface area is 125 Å². The van der Waals surface area contributed by atoms with Gasteiger partial charge in [0.2, 0.25) is 0 Å². The number of carbonyl (C=O) groups excluding carboxylic acids is 1. The lowest BCUT2D eigenvalue weighted by Crippen LogP contribution is -2.46. The van der Waals surface area contributed by atoms with Crippen molar-refractivity contribution >= 4 is 5.91 Å². The van der Waals surface area contributed by atoms with Crippen LogP contribution in [0.5, 0.6) is 0 Å². The number of rotatable bonds is 2. The van der Waals surface area contributed by atoms with Crippen molar-refractivity contribution in [3.05, 3.63) is 35.1 Å². The van der Waals surface area contributed by atoms with E-state index in [0.717, 1.165) is 6.42 Å². The number of carbonyl (C=O) groups is 1. The molecule has 122 valence electrons. The number of alkyl halides is 3. The van der Waals surface area contributed by atoms with Gasteiger partial charge < -0.3 is 10.0 Å². The van der Waals surface area contributed by atoms with Gasteiger partial charge in [-0.2, -0.15) is 13.2 Å². The van der Waals surface area contributed by atoms with Gasteiger partial charge in [-0.25, -0.2) is 4.39 Å². The van der Waals surface area contributed by atoms with Crippen molar-refractivity contribution in [2.24, 2.45) is 5.92 Å². The molecule has 0 spiro atoms. The smallest absolute Gasteiger partial charge is 0.396 e. The van der Waals surface area contributed by atoms with Gasteiger partial charge in [-0.05, 0) is 43.9 Å². The molecule has 22 heavy (non-hydrogen) atoms. The van der Waals surface area contributed by atoms with Gasteiger partial charge in [-0.15, -0.1) is 0 Å². The van der Waals surface area contributed by atoms with E-state index in [4.69, 9.17) is 0 Å². The Bertz CT molecular complexity index is 559. The fourth-order valence-electron chi connectivity index (χ4n) is 2.63. The van der Waals surface area contributed by atoms with E-state index in [2.05, 4.69) is 0 Å². The van der Waals surface area contributed by atoms with E-state index in [1.165, 1.54) is 4.90 Å². The van der Waals surface area contributed by atoms with Crippen LogP contribution in [0, 0.1) is 11.7 Å². The number of piperidine rings is 1. The molecule has 2 rings (SSSR count). The Morgan fingerprint density at radius 2 is 2.05 bits per heavy atom. The summed E-state index contributed by atoms with van der Waals surface area (Å²) < 4.78 is 52.0. The highest BCUT2D eigenvalue weighted by Gasteiger charge is 2.34. The molecule has 1 heterocycles. The second-order valence-corrected chi connectivity index (χ2v) is 5.62. The fraction of sp³-hybridized carbons (Fsp3) is 0.533. The lowest BCUT2D eigenvalue weighted by Gasteiger charge is -2.37. The summed E-state index contributed by atoms with van der Waals surface area (Å²) in [6.07, 6.45) is -3.28. The SMILES string of the molecule is CC1CCC(CO)CN1C(=O)c1cc(C(F)(F)F)ccc1F. The van der Waals surface area contributed by atoms with Crippen molar-refractivity contribution in [1.29, 1.82) is 0 Å². The van der Waals surface area contributed by atoms with Crippen LogP contribution in [-0.2, 0) is 6.18 Å². The zero-order chi connectivity index (χ0) is 16.5. The molecule has 2 unspecified atom stereocenters. The molecule has 0 aliphatic carbocycles. The van der Waals surface area contributed by atoms with Crippen molar-refractivity contribution < 1.29 is 27.5 Å². The summed E-state index contributed by atoms with van der Waals surface area (Å²) in [5, 5.41) is 9.19.